The molecule has 0 atom stereocenters. The molecule has 26 heavy (non-hydrogen) atoms. The fraction of sp³-hybridized carbons (Fsp3) is 0.158. The Morgan fingerprint density at radius 3 is 2.62 bits per heavy atom. The molecule has 134 valence electrons. The van der Waals surface area contributed by atoms with Crippen molar-refractivity contribution in [1.29, 1.82) is 0 Å². The van der Waals surface area contributed by atoms with Crippen molar-refractivity contribution in [3.63, 3.8) is 0 Å². The van der Waals surface area contributed by atoms with Crippen LogP contribution in [0.25, 0.3) is 10.1 Å². The molecule has 0 aliphatic rings. The van der Waals surface area contributed by atoms with Gasteiger partial charge >= 0.3 is 5.97 Å². The van der Waals surface area contributed by atoms with Gasteiger partial charge in [-0.15, -0.1) is 11.3 Å². The van der Waals surface area contributed by atoms with Gasteiger partial charge in [-0.2, -0.15) is 0 Å². The molecule has 0 radical (unpaired) electrons. The molecule has 7 heteroatoms. The topological polar surface area (TPSA) is 64.6 Å². The maximum absolute atomic E-state index is 14.2. The number of fused-ring (bicyclic) bond motifs is 1. The van der Waals surface area contributed by atoms with Crippen LogP contribution in [0, 0.1) is 5.82 Å². The van der Waals surface area contributed by atoms with Gasteiger partial charge in [0.05, 0.1) is 29.8 Å². The van der Waals surface area contributed by atoms with Crippen molar-refractivity contribution in [2.45, 2.75) is 6.61 Å². The summed E-state index contributed by atoms with van der Waals surface area (Å²) in [7, 11) is 2.75. The van der Waals surface area contributed by atoms with Crippen molar-refractivity contribution in [2.24, 2.45) is 0 Å². The van der Waals surface area contributed by atoms with Gasteiger partial charge in [0, 0.05) is 22.8 Å². The van der Waals surface area contributed by atoms with Crippen molar-refractivity contribution in [1.82, 2.24) is 0 Å². The second-order valence-corrected chi connectivity index (χ2v) is 6.50. The largest absolute Gasteiger partial charge is 0.465 e. The Morgan fingerprint density at radius 2 is 1.88 bits per heavy atom. The van der Waals surface area contributed by atoms with E-state index in [1.165, 1.54) is 31.6 Å². The van der Waals surface area contributed by atoms with Gasteiger partial charge in [-0.3, -0.25) is 4.79 Å². The van der Waals surface area contributed by atoms with Gasteiger partial charge in [0.15, 0.2) is 0 Å². The second-order valence-electron chi connectivity index (χ2n) is 5.45. The monoisotopic (exact) mass is 373 g/mol. The van der Waals surface area contributed by atoms with Crippen molar-refractivity contribution in [3.05, 3.63) is 64.3 Å². The normalized spacial score (nSPS) is 10.7. The minimum atomic E-state index is -0.555. The predicted octanol–water partition coefficient (Wildman–Crippen LogP) is 4.23. The van der Waals surface area contributed by atoms with E-state index in [0.717, 1.165) is 0 Å². The number of benzene rings is 2. The molecule has 1 aromatic heterocycles. The van der Waals surface area contributed by atoms with Crippen LogP contribution in [-0.4, -0.2) is 26.1 Å². The fourth-order valence-electron chi connectivity index (χ4n) is 2.69. The van der Waals surface area contributed by atoms with Gasteiger partial charge < -0.3 is 14.8 Å². The number of amides is 1. The van der Waals surface area contributed by atoms with E-state index in [2.05, 4.69) is 5.32 Å². The summed E-state index contributed by atoms with van der Waals surface area (Å²) in [5, 5.41) is 3.09. The molecular weight excluding hydrogens is 357 g/mol. The number of carbonyl (C=O) groups is 2. The van der Waals surface area contributed by atoms with Gasteiger partial charge in [0.1, 0.15) is 5.82 Å². The number of nitrogens with one attached hydrogen (secondary N) is 1. The Morgan fingerprint density at radius 1 is 1.12 bits per heavy atom. The summed E-state index contributed by atoms with van der Waals surface area (Å²) < 4.78 is 24.8. The van der Waals surface area contributed by atoms with Crippen LogP contribution in [0.4, 0.5) is 10.1 Å². The lowest BCUT2D eigenvalue weighted by atomic mass is 10.1. The van der Waals surface area contributed by atoms with Crippen LogP contribution < -0.4 is 5.32 Å². The Kier molecular flexibility index (Phi) is 5.29. The molecule has 0 saturated heterocycles. The molecule has 0 bridgehead atoms. The van der Waals surface area contributed by atoms with Crippen LogP contribution in [0.1, 0.15) is 25.6 Å². The Bertz CT molecular complexity index is 983. The smallest absolute Gasteiger partial charge is 0.339 e. The number of hydrogen-bond donors (Lipinski definition) is 1. The zero-order valence-corrected chi connectivity index (χ0v) is 15.0. The SMILES string of the molecule is COCc1c(C(=O)Nc2ccccc2C(=O)OC)sc2cccc(F)c12. The third-order valence-electron chi connectivity index (χ3n) is 3.84. The maximum Gasteiger partial charge on any atom is 0.339 e. The summed E-state index contributed by atoms with van der Waals surface area (Å²) >= 11 is 1.18. The molecule has 0 spiro atoms. The van der Waals surface area contributed by atoms with Gasteiger partial charge in [-0.25, -0.2) is 9.18 Å². The second kappa shape index (κ2) is 7.63. The lowest BCUT2D eigenvalue weighted by molar-refractivity contribution is 0.0602. The molecular formula is C19H16FNO4S. The Labute approximate surface area is 153 Å². The average molecular weight is 373 g/mol. The molecule has 3 rings (SSSR count). The Balaban J connectivity index is 2.03. The summed E-state index contributed by atoms with van der Waals surface area (Å²) in [6, 6.07) is 11.2. The first-order valence-electron chi connectivity index (χ1n) is 7.74. The number of carbonyl (C=O) groups excluding carboxylic acids is 2. The Hall–Kier alpha value is -2.77. The van der Waals surface area contributed by atoms with Crippen molar-refractivity contribution in [3.8, 4) is 0 Å². The van der Waals surface area contributed by atoms with Crippen LogP contribution in [0.5, 0.6) is 0 Å². The number of para-hydroxylation sites is 1. The number of ether oxygens (including phenoxy) is 2. The summed E-state index contributed by atoms with van der Waals surface area (Å²) in [6.07, 6.45) is 0. The maximum atomic E-state index is 14.2. The van der Waals surface area contributed by atoms with Gasteiger partial charge in [0.25, 0.3) is 5.91 Å². The first-order chi connectivity index (χ1) is 12.6. The highest BCUT2D eigenvalue weighted by Crippen LogP contribution is 2.34. The number of halogens is 1. The first kappa shape index (κ1) is 18.0. The minimum absolute atomic E-state index is 0.0995. The molecule has 1 N–H and O–H groups in total. The van der Waals surface area contributed by atoms with E-state index < -0.39 is 17.7 Å². The lowest BCUT2D eigenvalue weighted by Gasteiger charge is -2.10. The third kappa shape index (κ3) is 3.31. The van der Waals surface area contributed by atoms with Crippen molar-refractivity contribution < 1.29 is 23.5 Å². The highest BCUT2D eigenvalue weighted by Gasteiger charge is 2.22. The summed E-state index contributed by atoms with van der Waals surface area (Å²) in [6.45, 7) is 0.0995. The molecule has 0 unspecified atom stereocenters. The minimum Gasteiger partial charge on any atom is -0.465 e. The summed E-state index contributed by atoms with van der Waals surface area (Å²) in [5.74, 6) is -1.39. The predicted molar refractivity (Wildman–Crippen MR) is 98.2 cm³/mol. The highest BCUT2D eigenvalue weighted by atomic mass is 32.1. The standard InChI is InChI=1S/C19H16FNO4S/c1-24-10-12-16-13(20)7-5-9-15(16)26-17(12)18(22)21-14-8-4-3-6-11(14)19(23)25-2/h3-9H,10H2,1-2H3,(H,21,22). The van der Waals surface area contributed by atoms with E-state index >= 15 is 0 Å². The molecule has 1 amide bonds. The molecule has 3 aromatic rings. The zero-order chi connectivity index (χ0) is 18.7. The van der Waals surface area contributed by atoms with E-state index in [1.807, 2.05) is 0 Å². The highest BCUT2D eigenvalue weighted by molar-refractivity contribution is 7.21. The van der Waals surface area contributed by atoms with Crippen molar-refractivity contribution >= 4 is 39.0 Å². The quantitative estimate of drug-likeness (QED) is 0.680. The van der Waals surface area contributed by atoms with Gasteiger partial charge in [-0.1, -0.05) is 18.2 Å². The molecule has 0 fully saturated rings. The van der Waals surface area contributed by atoms with Crippen LogP contribution in [0.2, 0.25) is 0 Å². The molecule has 0 aliphatic carbocycles. The van der Waals surface area contributed by atoms with Gasteiger partial charge in [-0.05, 0) is 24.3 Å². The van der Waals surface area contributed by atoms with Crippen LogP contribution in [-0.2, 0) is 16.1 Å². The van der Waals surface area contributed by atoms with Gasteiger partial charge in [0.2, 0.25) is 0 Å². The van der Waals surface area contributed by atoms with E-state index in [-0.39, 0.29) is 12.2 Å². The summed E-state index contributed by atoms with van der Waals surface area (Å²) in [4.78, 5) is 25.0. The molecule has 2 aromatic carbocycles. The van der Waals surface area contributed by atoms with E-state index in [1.54, 1.807) is 36.4 Å². The fourth-order valence-corrected chi connectivity index (χ4v) is 3.81. The van der Waals surface area contributed by atoms with E-state index in [0.29, 0.717) is 26.2 Å². The number of anilines is 1. The number of thiophene rings is 1. The number of rotatable bonds is 5. The van der Waals surface area contributed by atoms with Crippen LogP contribution in [0.15, 0.2) is 42.5 Å². The lowest BCUT2D eigenvalue weighted by Crippen LogP contribution is -2.15. The number of methoxy groups -OCH3 is 2. The first-order valence-corrected chi connectivity index (χ1v) is 8.56. The van der Waals surface area contributed by atoms with Crippen LogP contribution in [0.3, 0.4) is 0 Å². The molecule has 5 nitrogen and oxygen atoms in total. The van der Waals surface area contributed by atoms with Crippen LogP contribution >= 0.6 is 11.3 Å². The molecule has 0 saturated carbocycles. The number of esters is 1. The van der Waals surface area contributed by atoms with E-state index in [4.69, 9.17) is 9.47 Å². The summed E-state index contributed by atoms with van der Waals surface area (Å²) in [5.41, 5.74) is 1.05. The number of hydrogen-bond acceptors (Lipinski definition) is 5. The molecule has 0 aliphatic heterocycles. The zero-order valence-electron chi connectivity index (χ0n) is 14.2. The average Bonchev–Trinajstić information content (AvgIpc) is 3.02. The third-order valence-corrected chi connectivity index (χ3v) is 5.03. The van der Waals surface area contributed by atoms with Crippen molar-refractivity contribution in [2.75, 3.05) is 19.5 Å². The molecule has 1 heterocycles. The van der Waals surface area contributed by atoms with E-state index in [9.17, 15) is 14.0 Å².